The minimum absolute atomic E-state index is 0.440. The van der Waals surface area contributed by atoms with Gasteiger partial charge in [0.2, 0.25) is 0 Å². The van der Waals surface area contributed by atoms with Crippen LogP contribution in [0.3, 0.4) is 0 Å². The van der Waals surface area contributed by atoms with Crippen LogP contribution in [-0.2, 0) is 0 Å². The molecule has 1 aliphatic heterocycles. The number of rotatable bonds is 2. The van der Waals surface area contributed by atoms with Crippen LogP contribution in [0.4, 0.5) is 5.69 Å². The second kappa shape index (κ2) is 5.30. The van der Waals surface area contributed by atoms with Crippen LogP contribution in [0.25, 0.3) is 0 Å². The first-order valence-electron chi connectivity index (χ1n) is 5.11. The Hall–Kier alpha value is -0.380. The highest BCUT2D eigenvalue weighted by Gasteiger charge is 2.16. The monoisotopic (exact) mass is 274 g/mol. The maximum atomic E-state index is 5.94. The molecule has 1 N–H and O–H groups in total. The van der Waals surface area contributed by atoms with E-state index in [2.05, 4.69) is 17.2 Å². The first kappa shape index (κ1) is 12.1. The minimum Gasteiger partial charge on any atom is -0.335 e. The lowest BCUT2D eigenvalue weighted by Crippen LogP contribution is -2.05. The van der Waals surface area contributed by atoms with Crippen molar-refractivity contribution in [2.75, 3.05) is 11.1 Å². The number of aliphatic imine (C=N–C) groups is 1. The molecule has 0 aromatic heterocycles. The molecule has 0 bridgehead atoms. The minimum atomic E-state index is 0.440. The predicted octanol–water partition coefficient (Wildman–Crippen LogP) is 4.29. The Kier molecular flexibility index (Phi) is 4.00. The summed E-state index contributed by atoms with van der Waals surface area (Å²) in [5.74, 6) is 1.06. The molecule has 0 saturated carbocycles. The Morgan fingerprint density at radius 1 is 1.44 bits per heavy atom. The summed E-state index contributed by atoms with van der Waals surface area (Å²) in [6.07, 6.45) is 1.08. The van der Waals surface area contributed by atoms with Crippen molar-refractivity contribution in [2.45, 2.75) is 19.4 Å². The van der Waals surface area contributed by atoms with Gasteiger partial charge in [0.1, 0.15) is 0 Å². The predicted molar refractivity (Wildman–Crippen MR) is 74.1 cm³/mol. The van der Waals surface area contributed by atoms with Crippen LogP contribution < -0.4 is 5.32 Å². The summed E-state index contributed by atoms with van der Waals surface area (Å²) in [6.45, 7) is 2.15. The van der Waals surface area contributed by atoms with Gasteiger partial charge in [-0.05, 0) is 24.6 Å². The van der Waals surface area contributed by atoms with Crippen molar-refractivity contribution in [3.63, 3.8) is 0 Å². The Morgan fingerprint density at radius 2 is 2.25 bits per heavy atom. The summed E-state index contributed by atoms with van der Waals surface area (Å²) >= 11 is 13.5. The first-order valence-corrected chi connectivity index (χ1v) is 6.86. The van der Waals surface area contributed by atoms with Crippen LogP contribution in [-0.4, -0.2) is 17.0 Å². The van der Waals surface area contributed by atoms with E-state index in [-0.39, 0.29) is 0 Å². The van der Waals surface area contributed by atoms with Crippen molar-refractivity contribution >= 4 is 45.8 Å². The van der Waals surface area contributed by atoms with Crippen molar-refractivity contribution < 1.29 is 0 Å². The largest absolute Gasteiger partial charge is 0.335 e. The summed E-state index contributed by atoms with van der Waals surface area (Å²) < 4.78 is 0. The summed E-state index contributed by atoms with van der Waals surface area (Å²) in [6, 6.07) is 5.93. The molecule has 1 atom stereocenters. The lowest BCUT2D eigenvalue weighted by molar-refractivity contribution is 0.738. The Balaban J connectivity index is 2.07. The highest BCUT2D eigenvalue weighted by atomic mass is 35.5. The van der Waals surface area contributed by atoms with Crippen LogP contribution in [0.2, 0.25) is 10.0 Å². The van der Waals surface area contributed by atoms with Gasteiger partial charge in [-0.25, -0.2) is 0 Å². The van der Waals surface area contributed by atoms with Crippen LogP contribution in [0.5, 0.6) is 0 Å². The molecule has 2 nitrogen and oxygen atoms in total. The van der Waals surface area contributed by atoms with E-state index in [9.17, 15) is 0 Å². The van der Waals surface area contributed by atoms with Gasteiger partial charge < -0.3 is 5.32 Å². The van der Waals surface area contributed by atoms with E-state index in [4.69, 9.17) is 23.2 Å². The van der Waals surface area contributed by atoms with Crippen molar-refractivity contribution in [1.82, 2.24) is 0 Å². The number of hydrogen-bond acceptors (Lipinski definition) is 3. The summed E-state index contributed by atoms with van der Waals surface area (Å²) in [4.78, 5) is 4.55. The third kappa shape index (κ3) is 2.84. The molecule has 16 heavy (non-hydrogen) atoms. The average molecular weight is 275 g/mol. The van der Waals surface area contributed by atoms with E-state index in [1.807, 2.05) is 12.1 Å². The zero-order valence-corrected chi connectivity index (χ0v) is 11.2. The quantitative estimate of drug-likeness (QED) is 0.870. The van der Waals surface area contributed by atoms with E-state index in [1.54, 1.807) is 17.8 Å². The van der Waals surface area contributed by atoms with E-state index in [0.717, 1.165) is 23.0 Å². The van der Waals surface area contributed by atoms with Crippen molar-refractivity contribution in [2.24, 2.45) is 4.99 Å². The SMILES string of the molecule is CC[C@H]1CSC(Nc2ccc(Cl)c(Cl)c2)=N1. The Morgan fingerprint density at radius 3 is 2.88 bits per heavy atom. The van der Waals surface area contributed by atoms with Gasteiger partial charge in [0.05, 0.1) is 16.1 Å². The fraction of sp³-hybridized carbons (Fsp3) is 0.364. The molecule has 0 aliphatic carbocycles. The van der Waals surface area contributed by atoms with Crippen LogP contribution >= 0.6 is 35.0 Å². The molecular weight excluding hydrogens is 263 g/mol. The smallest absolute Gasteiger partial charge is 0.161 e. The summed E-state index contributed by atoms with van der Waals surface area (Å²) in [7, 11) is 0. The molecule has 0 fully saturated rings. The molecule has 2 rings (SSSR count). The molecule has 1 aliphatic rings. The van der Waals surface area contributed by atoms with Gasteiger partial charge in [0.25, 0.3) is 0 Å². The number of nitrogens with zero attached hydrogens (tertiary/aromatic N) is 1. The lowest BCUT2D eigenvalue weighted by Gasteiger charge is -2.05. The molecule has 0 saturated heterocycles. The highest BCUT2D eigenvalue weighted by Crippen LogP contribution is 2.27. The van der Waals surface area contributed by atoms with Crippen LogP contribution in [0, 0.1) is 0 Å². The lowest BCUT2D eigenvalue weighted by atomic mass is 10.3. The zero-order valence-electron chi connectivity index (χ0n) is 8.84. The van der Waals surface area contributed by atoms with Gasteiger partial charge in [-0.3, -0.25) is 4.99 Å². The van der Waals surface area contributed by atoms with Gasteiger partial charge in [-0.15, -0.1) is 0 Å². The number of thioether (sulfide) groups is 1. The Labute approximate surface area is 109 Å². The summed E-state index contributed by atoms with van der Waals surface area (Å²) in [5, 5.41) is 5.33. The normalized spacial score (nSPS) is 19.7. The van der Waals surface area contributed by atoms with Crippen molar-refractivity contribution in [1.29, 1.82) is 0 Å². The molecule has 86 valence electrons. The Bertz CT molecular complexity index is 420. The van der Waals surface area contributed by atoms with Crippen molar-refractivity contribution in [3.8, 4) is 0 Å². The zero-order chi connectivity index (χ0) is 11.5. The molecule has 0 spiro atoms. The number of amidine groups is 1. The molecule has 0 radical (unpaired) electrons. The fourth-order valence-corrected chi connectivity index (χ4v) is 2.76. The second-order valence-electron chi connectivity index (χ2n) is 3.56. The van der Waals surface area contributed by atoms with Gasteiger partial charge >= 0.3 is 0 Å². The molecule has 0 unspecified atom stereocenters. The van der Waals surface area contributed by atoms with Gasteiger partial charge in [0.15, 0.2) is 5.17 Å². The van der Waals surface area contributed by atoms with E-state index in [1.165, 1.54) is 0 Å². The van der Waals surface area contributed by atoms with E-state index < -0.39 is 0 Å². The maximum absolute atomic E-state index is 5.94. The van der Waals surface area contributed by atoms with Crippen LogP contribution in [0.1, 0.15) is 13.3 Å². The number of anilines is 1. The molecule has 0 amide bonds. The standard InChI is InChI=1S/C11H12Cl2N2S/c1-2-7-6-16-11(14-7)15-8-3-4-9(12)10(13)5-8/h3-5,7H,2,6H2,1H3,(H,14,15)/t7-/m0/s1. The number of nitrogens with one attached hydrogen (secondary N) is 1. The topological polar surface area (TPSA) is 24.4 Å². The molecule has 1 aromatic rings. The van der Waals surface area contributed by atoms with Crippen molar-refractivity contribution in [3.05, 3.63) is 28.2 Å². The molecule has 5 heteroatoms. The highest BCUT2D eigenvalue weighted by molar-refractivity contribution is 8.14. The number of benzene rings is 1. The first-order chi connectivity index (χ1) is 7.69. The molecular formula is C11H12Cl2N2S. The van der Waals surface area contributed by atoms with Crippen LogP contribution in [0.15, 0.2) is 23.2 Å². The van der Waals surface area contributed by atoms with E-state index in [0.29, 0.717) is 16.1 Å². The maximum Gasteiger partial charge on any atom is 0.161 e. The van der Waals surface area contributed by atoms with Gasteiger partial charge in [0, 0.05) is 11.4 Å². The number of hydrogen-bond donors (Lipinski definition) is 1. The average Bonchev–Trinajstić information content (AvgIpc) is 2.71. The molecule has 1 heterocycles. The fourth-order valence-electron chi connectivity index (χ4n) is 1.39. The van der Waals surface area contributed by atoms with Gasteiger partial charge in [-0.2, -0.15) is 0 Å². The number of halogens is 2. The molecule has 1 aromatic carbocycles. The third-order valence-electron chi connectivity index (χ3n) is 2.35. The second-order valence-corrected chi connectivity index (χ2v) is 5.38. The van der Waals surface area contributed by atoms with Gasteiger partial charge in [-0.1, -0.05) is 41.9 Å². The summed E-state index contributed by atoms with van der Waals surface area (Å²) in [5.41, 5.74) is 0.928. The third-order valence-corrected chi connectivity index (χ3v) is 4.13. The van der Waals surface area contributed by atoms with E-state index >= 15 is 0 Å².